The number of unbranched alkanes of at least 4 members (excludes halogenated alkanes) is 5. The van der Waals surface area contributed by atoms with E-state index in [2.05, 4.69) is 31.2 Å². The molecule has 1 spiro atoms. The molecule has 2 nitrogen and oxygen atoms in total. The van der Waals surface area contributed by atoms with E-state index in [1.54, 1.807) is 5.57 Å². The van der Waals surface area contributed by atoms with Crippen LogP contribution >= 0.6 is 0 Å². The quantitative estimate of drug-likeness (QED) is 0.447. The molecule has 1 saturated heterocycles. The molecule has 4 saturated carbocycles. The smallest absolute Gasteiger partial charge is 0.188 e. The van der Waals surface area contributed by atoms with Gasteiger partial charge in [-0.3, -0.25) is 4.79 Å². The van der Waals surface area contributed by atoms with Gasteiger partial charge < -0.3 is 4.74 Å². The van der Waals surface area contributed by atoms with Crippen LogP contribution in [0.1, 0.15) is 84.0 Å². The van der Waals surface area contributed by atoms with Crippen molar-refractivity contribution in [3.8, 4) is 0 Å². The lowest BCUT2D eigenvalue weighted by Crippen LogP contribution is -2.68. The molecule has 7 rings (SSSR count). The van der Waals surface area contributed by atoms with Gasteiger partial charge in [0.2, 0.25) is 0 Å². The van der Waals surface area contributed by atoms with E-state index in [0.29, 0.717) is 0 Å². The second-order valence-corrected chi connectivity index (χ2v) is 11.4. The maximum Gasteiger partial charge on any atom is 0.188 e. The Morgan fingerprint density at radius 2 is 1.63 bits per heavy atom. The zero-order valence-electron chi connectivity index (χ0n) is 18.7. The summed E-state index contributed by atoms with van der Waals surface area (Å²) in [4.78, 5) is 13.3. The monoisotopic (exact) mass is 406 g/mol. The summed E-state index contributed by atoms with van der Waals surface area (Å²) in [7, 11) is 0. The predicted molar refractivity (Wildman–Crippen MR) is 120 cm³/mol. The van der Waals surface area contributed by atoms with E-state index in [9.17, 15) is 4.79 Å². The van der Waals surface area contributed by atoms with Crippen molar-refractivity contribution in [3.63, 3.8) is 0 Å². The van der Waals surface area contributed by atoms with Gasteiger partial charge >= 0.3 is 0 Å². The largest absolute Gasteiger partial charge is 0.358 e. The first-order chi connectivity index (χ1) is 14.7. The van der Waals surface area contributed by atoms with Gasteiger partial charge in [0, 0.05) is 11.3 Å². The van der Waals surface area contributed by atoms with Crippen LogP contribution in [0.4, 0.5) is 0 Å². The Hall–Kier alpha value is -1.15. The van der Waals surface area contributed by atoms with E-state index >= 15 is 0 Å². The Labute approximate surface area is 182 Å². The summed E-state index contributed by atoms with van der Waals surface area (Å²) in [6.45, 7) is 2.27. The summed E-state index contributed by atoms with van der Waals surface area (Å²) >= 11 is 0. The standard InChI is InChI=1S/C28H38O2/c1-2-3-4-5-6-7-13-27-23-9-8-10-24(23)28(26(30-27)12-11-25(27)29)21-15-19-14-20(17-21)18-22(28)16-19/h8-12,19-23,26H,2-7,13-18H2,1H3/t19?,20?,21?,22?,23?,26-,27-,28?/m1/s1. The van der Waals surface area contributed by atoms with Gasteiger partial charge in [-0.2, -0.15) is 0 Å². The Balaban J connectivity index is 1.31. The molecule has 0 N–H and O–H groups in total. The van der Waals surface area contributed by atoms with E-state index in [-0.39, 0.29) is 23.2 Å². The van der Waals surface area contributed by atoms with Crippen molar-refractivity contribution in [2.24, 2.45) is 35.0 Å². The third kappa shape index (κ3) is 2.55. The molecule has 0 radical (unpaired) electrons. The van der Waals surface area contributed by atoms with Crippen LogP contribution < -0.4 is 0 Å². The molecule has 7 aliphatic rings. The number of ether oxygens (including phenoxy) is 1. The van der Waals surface area contributed by atoms with Crippen LogP contribution in [-0.4, -0.2) is 17.5 Å². The molecule has 162 valence electrons. The van der Waals surface area contributed by atoms with Gasteiger partial charge in [0.1, 0.15) is 5.60 Å². The molecule has 5 fully saturated rings. The van der Waals surface area contributed by atoms with Crippen LogP contribution in [0, 0.1) is 35.0 Å². The average Bonchev–Trinajstić information content (AvgIpc) is 3.23. The van der Waals surface area contributed by atoms with Crippen LogP contribution in [-0.2, 0) is 9.53 Å². The Bertz CT molecular complexity index is 773. The first-order valence-corrected chi connectivity index (χ1v) is 13.0. The fraction of sp³-hybridized carbons (Fsp3) is 0.750. The van der Waals surface area contributed by atoms with E-state index < -0.39 is 5.60 Å². The number of ketones is 1. The first kappa shape index (κ1) is 19.5. The summed E-state index contributed by atoms with van der Waals surface area (Å²) in [6, 6.07) is 0. The molecular weight excluding hydrogens is 368 g/mol. The van der Waals surface area contributed by atoms with Gasteiger partial charge in [-0.25, -0.2) is 0 Å². The second kappa shape index (κ2) is 7.19. The van der Waals surface area contributed by atoms with Crippen molar-refractivity contribution in [1.82, 2.24) is 0 Å². The highest BCUT2D eigenvalue weighted by Crippen LogP contribution is 2.71. The van der Waals surface area contributed by atoms with Crippen molar-refractivity contribution in [3.05, 3.63) is 36.0 Å². The number of hydrogen-bond acceptors (Lipinski definition) is 2. The number of rotatable bonds is 7. The number of fused-ring (bicyclic) bond motifs is 4. The lowest BCUT2D eigenvalue weighted by atomic mass is 9.39. The summed E-state index contributed by atoms with van der Waals surface area (Å²) in [5.41, 5.74) is 1.14. The summed E-state index contributed by atoms with van der Waals surface area (Å²) in [5, 5.41) is 0. The van der Waals surface area contributed by atoms with E-state index in [1.165, 1.54) is 64.2 Å². The molecule has 3 atom stereocenters. The van der Waals surface area contributed by atoms with E-state index in [1.807, 2.05) is 6.08 Å². The fourth-order valence-corrected chi connectivity index (χ4v) is 8.99. The lowest BCUT2D eigenvalue weighted by molar-refractivity contribution is -0.227. The Morgan fingerprint density at radius 1 is 0.933 bits per heavy atom. The number of allylic oxidation sites excluding steroid dienone is 2. The van der Waals surface area contributed by atoms with Gasteiger partial charge in [-0.1, -0.05) is 75.3 Å². The first-order valence-electron chi connectivity index (χ1n) is 13.0. The molecule has 0 aromatic heterocycles. The van der Waals surface area contributed by atoms with Crippen molar-refractivity contribution >= 4 is 5.78 Å². The highest BCUT2D eigenvalue weighted by Gasteiger charge is 2.69. The van der Waals surface area contributed by atoms with E-state index in [0.717, 1.165) is 36.5 Å². The van der Waals surface area contributed by atoms with Crippen LogP contribution in [0.15, 0.2) is 36.0 Å². The molecule has 30 heavy (non-hydrogen) atoms. The summed E-state index contributed by atoms with van der Waals surface area (Å²) in [6.07, 6.45) is 26.7. The maximum absolute atomic E-state index is 13.3. The van der Waals surface area contributed by atoms with Crippen molar-refractivity contribution < 1.29 is 9.53 Å². The van der Waals surface area contributed by atoms with Crippen LogP contribution in [0.3, 0.4) is 0 Å². The van der Waals surface area contributed by atoms with Gasteiger partial charge in [-0.15, -0.1) is 0 Å². The highest BCUT2D eigenvalue weighted by molar-refractivity contribution is 5.99. The normalized spacial score (nSPS) is 47.2. The van der Waals surface area contributed by atoms with Gasteiger partial charge in [0.25, 0.3) is 0 Å². The van der Waals surface area contributed by atoms with Crippen molar-refractivity contribution in [2.75, 3.05) is 0 Å². The Kier molecular flexibility index (Phi) is 4.68. The molecule has 2 aliphatic heterocycles. The molecule has 0 aromatic rings. The molecular formula is C28H38O2. The molecule has 0 amide bonds. The number of hydrogen-bond donors (Lipinski definition) is 0. The molecule has 2 heterocycles. The van der Waals surface area contributed by atoms with Gasteiger partial charge in [0.05, 0.1) is 6.10 Å². The second-order valence-electron chi connectivity index (χ2n) is 11.4. The van der Waals surface area contributed by atoms with Gasteiger partial charge in [0.15, 0.2) is 5.78 Å². The van der Waals surface area contributed by atoms with Crippen LogP contribution in [0.2, 0.25) is 0 Å². The predicted octanol–water partition coefficient (Wildman–Crippen LogP) is 6.57. The SMILES string of the molecule is CCCCCCCC[C@]12O[C@H](C=CC1=O)C1(C3=CC=CC32)C2CC3CC(C2)CC1C3. The summed E-state index contributed by atoms with van der Waals surface area (Å²) < 4.78 is 7.02. The third-order valence-electron chi connectivity index (χ3n) is 9.96. The van der Waals surface area contributed by atoms with Crippen molar-refractivity contribution in [1.29, 1.82) is 0 Å². The topological polar surface area (TPSA) is 26.3 Å². The third-order valence-corrected chi connectivity index (χ3v) is 9.96. The molecule has 6 bridgehead atoms. The molecule has 0 aromatic carbocycles. The van der Waals surface area contributed by atoms with Crippen LogP contribution in [0.25, 0.3) is 0 Å². The molecule has 5 aliphatic carbocycles. The minimum atomic E-state index is -0.622. The number of carbonyl (C=O) groups is 1. The highest BCUT2D eigenvalue weighted by atomic mass is 16.5. The van der Waals surface area contributed by atoms with Crippen LogP contribution in [0.5, 0.6) is 0 Å². The zero-order valence-corrected chi connectivity index (χ0v) is 18.7. The summed E-state index contributed by atoms with van der Waals surface area (Å²) in [5.74, 6) is 3.84. The lowest BCUT2D eigenvalue weighted by Gasteiger charge is -2.68. The molecule has 1 unspecified atom stereocenters. The maximum atomic E-state index is 13.3. The average molecular weight is 407 g/mol. The molecule has 2 heteroatoms. The van der Waals surface area contributed by atoms with Crippen molar-refractivity contribution in [2.45, 2.75) is 95.7 Å². The Morgan fingerprint density at radius 3 is 2.37 bits per heavy atom. The van der Waals surface area contributed by atoms with Gasteiger partial charge in [-0.05, 0) is 68.3 Å². The minimum Gasteiger partial charge on any atom is -0.358 e. The van der Waals surface area contributed by atoms with E-state index in [4.69, 9.17) is 4.74 Å². The minimum absolute atomic E-state index is 0.118. The number of carbonyl (C=O) groups excluding carboxylic acids is 1. The fourth-order valence-electron chi connectivity index (χ4n) is 8.99. The zero-order chi connectivity index (χ0) is 20.3.